The van der Waals surface area contributed by atoms with E-state index in [0.717, 1.165) is 0 Å². The van der Waals surface area contributed by atoms with E-state index in [9.17, 15) is 15.3 Å². The van der Waals surface area contributed by atoms with Crippen LogP contribution in [0.1, 0.15) is 11.8 Å². The maximum atomic E-state index is 10.3. The summed E-state index contributed by atoms with van der Waals surface area (Å²) in [5.74, 6) is 0.150. The number of nitrogens with two attached hydrogens (primary N) is 1. The van der Waals surface area contributed by atoms with Crippen molar-refractivity contribution < 1.29 is 20.1 Å². The molecule has 0 amide bonds. The maximum Gasteiger partial charge on any atom is 0.247 e. The van der Waals surface area contributed by atoms with Crippen molar-refractivity contribution in [2.45, 2.75) is 24.5 Å². The third-order valence-electron chi connectivity index (χ3n) is 4.40. The Morgan fingerprint density at radius 3 is 2.86 bits per heavy atom. The van der Waals surface area contributed by atoms with Crippen LogP contribution in [-0.4, -0.2) is 71.0 Å². The largest absolute Gasteiger partial charge is 0.394 e. The van der Waals surface area contributed by atoms with Gasteiger partial charge in [0.05, 0.1) is 19.1 Å². The van der Waals surface area contributed by atoms with E-state index >= 15 is 0 Å². The molecule has 0 bridgehead atoms. The smallest absolute Gasteiger partial charge is 0.247 e. The summed E-state index contributed by atoms with van der Waals surface area (Å²) >= 11 is 5.97. The SMILES string of the molecule is Nc1nc(N/N=C/c2cccnc2Cl)nc2c1ncn2[C@@H]1O[C@H](CO)[C@@H](O)[C@H]1O. The molecule has 1 aliphatic heterocycles. The second kappa shape index (κ2) is 7.85. The minimum absolute atomic E-state index is 0.0692. The predicted octanol–water partition coefficient (Wildman–Crippen LogP) is -0.486. The molecule has 3 aromatic heterocycles. The summed E-state index contributed by atoms with van der Waals surface area (Å²) in [6, 6.07) is 3.45. The van der Waals surface area contributed by atoms with Crippen LogP contribution in [0.5, 0.6) is 0 Å². The molecule has 13 heteroatoms. The van der Waals surface area contributed by atoms with Crippen LogP contribution in [0, 0.1) is 0 Å². The quantitative estimate of drug-likeness (QED) is 0.205. The van der Waals surface area contributed by atoms with Gasteiger partial charge in [0.1, 0.15) is 29.0 Å². The molecule has 4 heterocycles. The first-order chi connectivity index (χ1) is 14.0. The number of ether oxygens (including phenoxy) is 1. The van der Waals surface area contributed by atoms with Crippen LogP contribution < -0.4 is 11.2 Å². The molecule has 0 aliphatic carbocycles. The Hall–Kier alpha value is -2.90. The average Bonchev–Trinajstić information content (AvgIpc) is 3.25. The summed E-state index contributed by atoms with van der Waals surface area (Å²) in [4.78, 5) is 16.5. The molecule has 0 aromatic carbocycles. The van der Waals surface area contributed by atoms with Crippen LogP contribution in [0.3, 0.4) is 0 Å². The van der Waals surface area contributed by atoms with Crippen molar-refractivity contribution >= 4 is 40.7 Å². The van der Waals surface area contributed by atoms with E-state index in [4.69, 9.17) is 22.1 Å². The van der Waals surface area contributed by atoms with Crippen LogP contribution in [0.15, 0.2) is 29.8 Å². The van der Waals surface area contributed by atoms with E-state index in [1.54, 1.807) is 18.3 Å². The number of hydrazone groups is 1. The molecular formula is C16H17ClN8O4. The van der Waals surface area contributed by atoms with E-state index in [-0.39, 0.29) is 28.1 Å². The summed E-state index contributed by atoms with van der Waals surface area (Å²) in [6.45, 7) is -0.448. The minimum Gasteiger partial charge on any atom is -0.394 e. The van der Waals surface area contributed by atoms with Crippen LogP contribution in [0.2, 0.25) is 5.15 Å². The monoisotopic (exact) mass is 420 g/mol. The van der Waals surface area contributed by atoms with Gasteiger partial charge in [0.15, 0.2) is 17.7 Å². The van der Waals surface area contributed by atoms with Gasteiger partial charge in [-0.3, -0.25) is 4.57 Å². The molecular weight excluding hydrogens is 404 g/mol. The third-order valence-corrected chi connectivity index (χ3v) is 4.71. The van der Waals surface area contributed by atoms with Crippen LogP contribution in [0.4, 0.5) is 11.8 Å². The zero-order valence-electron chi connectivity index (χ0n) is 14.8. The second-order valence-electron chi connectivity index (χ2n) is 6.24. The highest BCUT2D eigenvalue weighted by molar-refractivity contribution is 6.31. The lowest BCUT2D eigenvalue weighted by Gasteiger charge is -2.16. The molecule has 1 fully saturated rings. The molecule has 3 aromatic rings. The highest BCUT2D eigenvalue weighted by atomic mass is 35.5. The maximum absolute atomic E-state index is 10.3. The van der Waals surface area contributed by atoms with E-state index in [1.165, 1.54) is 17.1 Å². The molecule has 1 saturated heterocycles. The first kappa shape index (κ1) is 19.4. The number of fused-ring (bicyclic) bond motifs is 1. The molecule has 1 aliphatic rings. The number of aliphatic hydroxyl groups excluding tert-OH is 3. The molecule has 12 nitrogen and oxygen atoms in total. The minimum atomic E-state index is -1.29. The normalized spacial score (nSPS) is 24.6. The van der Waals surface area contributed by atoms with Crippen molar-refractivity contribution in [2.24, 2.45) is 5.10 Å². The number of aromatic nitrogens is 5. The molecule has 0 saturated carbocycles. The summed E-state index contributed by atoms with van der Waals surface area (Å²) in [7, 11) is 0. The highest BCUT2D eigenvalue weighted by Gasteiger charge is 2.44. The van der Waals surface area contributed by atoms with Crippen molar-refractivity contribution in [3.05, 3.63) is 35.4 Å². The molecule has 6 N–H and O–H groups in total. The number of hydrogen-bond acceptors (Lipinski definition) is 11. The van der Waals surface area contributed by atoms with Gasteiger partial charge in [0, 0.05) is 11.8 Å². The van der Waals surface area contributed by atoms with Crippen LogP contribution >= 0.6 is 11.6 Å². The Labute approximate surface area is 168 Å². The van der Waals surface area contributed by atoms with Crippen LogP contribution in [-0.2, 0) is 4.74 Å². The zero-order valence-corrected chi connectivity index (χ0v) is 15.5. The van der Waals surface area contributed by atoms with Crippen molar-refractivity contribution in [1.29, 1.82) is 0 Å². The third kappa shape index (κ3) is 3.59. The number of rotatable bonds is 5. The van der Waals surface area contributed by atoms with Gasteiger partial charge in [-0.2, -0.15) is 15.1 Å². The molecule has 0 unspecified atom stereocenters. The topological polar surface area (TPSA) is 177 Å². The second-order valence-corrected chi connectivity index (χ2v) is 6.60. The van der Waals surface area contributed by atoms with E-state index < -0.39 is 31.1 Å². The molecule has 0 spiro atoms. The Balaban J connectivity index is 1.63. The summed E-state index contributed by atoms with van der Waals surface area (Å²) in [5, 5.41) is 33.8. The summed E-state index contributed by atoms with van der Waals surface area (Å²) in [6.07, 6.45) is -0.119. The van der Waals surface area contributed by atoms with Gasteiger partial charge in [-0.05, 0) is 12.1 Å². The fourth-order valence-corrected chi connectivity index (χ4v) is 3.11. The van der Waals surface area contributed by atoms with Crippen molar-refractivity contribution in [3.63, 3.8) is 0 Å². The standard InChI is InChI=1S/C16H17ClN8O4/c17-12-7(2-1-3-19-12)4-21-24-16-22-13(18)9-14(23-16)25(6-20-9)15-11(28)10(27)8(5-26)29-15/h1-4,6,8,10-11,15,26-28H,5H2,(H3,18,22,23,24)/b21-4+/t8-,10-,11-,15-/m1/s1. The van der Waals surface area contributed by atoms with Gasteiger partial charge in [-0.1, -0.05) is 11.6 Å². The molecule has 4 rings (SSSR count). The van der Waals surface area contributed by atoms with E-state index in [2.05, 4.69) is 30.5 Å². The first-order valence-corrected chi connectivity index (χ1v) is 8.89. The highest BCUT2D eigenvalue weighted by Crippen LogP contribution is 2.32. The van der Waals surface area contributed by atoms with Gasteiger partial charge in [0.2, 0.25) is 5.95 Å². The lowest BCUT2D eigenvalue weighted by atomic mass is 10.1. The zero-order chi connectivity index (χ0) is 20.5. The van der Waals surface area contributed by atoms with Crippen molar-refractivity contribution in [3.8, 4) is 0 Å². The van der Waals surface area contributed by atoms with Gasteiger partial charge < -0.3 is 25.8 Å². The molecule has 4 atom stereocenters. The Kier molecular flexibility index (Phi) is 5.25. The lowest BCUT2D eigenvalue weighted by Crippen LogP contribution is -2.33. The Morgan fingerprint density at radius 2 is 2.14 bits per heavy atom. The number of nitrogens with one attached hydrogen (secondary N) is 1. The molecule has 29 heavy (non-hydrogen) atoms. The average molecular weight is 421 g/mol. The number of nitrogens with zero attached hydrogens (tertiary/aromatic N) is 6. The number of aliphatic hydroxyl groups is 3. The first-order valence-electron chi connectivity index (χ1n) is 8.51. The Bertz CT molecular complexity index is 1060. The number of nitrogen functional groups attached to an aromatic ring is 1. The molecule has 152 valence electrons. The van der Waals surface area contributed by atoms with Crippen molar-refractivity contribution in [1.82, 2.24) is 24.5 Å². The fourth-order valence-electron chi connectivity index (χ4n) is 2.94. The van der Waals surface area contributed by atoms with Gasteiger partial charge >= 0.3 is 0 Å². The van der Waals surface area contributed by atoms with Crippen molar-refractivity contribution in [2.75, 3.05) is 17.8 Å². The number of hydrogen-bond donors (Lipinski definition) is 5. The van der Waals surface area contributed by atoms with Gasteiger partial charge in [-0.25, -0.2) is 15.4 Å². The van der Waals surface area contributed by atoms with Gasteiger partial charge in [-0.15, -0.1) is 0 Å². The van der Waals surface area contributed by atoms with Gasteiger partial charge in [0.25, 0.3) is 0 Å². The number of halogens is 1. The van der Waals surface area contributed by atoms with Crippen LogP contribution in [0.25, 0.3) is 11.2 Å². The molecule has 0 radical (unpaired) electrons. The predicted molar refractivity (Wildman–Crippen MR) is 103 cm³/mol. The summed E-state index contributed by atoms with van der Waals surface area (Å²) in [5.41, 5.74) is 9.73. The number of imidazole rings is 1. The Morgan fingerprint density at radius 1 is 1.31 bits per heavy atom. The summed E-state index contributed by atoms with van der Waals surface area (Å²) < 4.78 is 6.93. The number of anilines is 2. The van der Waals surface area contributed by atoms with E-state index in [0.29, 0.717) is 5.56 Å². The van der Waals surface area contributed by atoms with E-state index in [1.807, 2.05) is 0 Å². The fraction of sp³-hybridized carbons (Fsp3) is 0.312. The number of pyridine rings is 1. The lowest BCUT2D eigenvalue weighted by molar-refractivity contribution is -0.0511.